The summed E-state index contributed by atoms with van der Waals surface area (Å²) < 4.78 is 16.0. The van der Waals surface area contributed by atoms with Crippen molar-refractivity contribution in [2.24, 2.45) is 4.99 Å². The fraction of sp³-hybridized carbons (Fsp3) is 0.381. The van der Waals surface area contributed by atoms with Crippen molar-refractivity contribution >= 4 is 29.9 Å². The summed E-state index contributed by atoms with van der Waals surface area (Å²) in [6, 6.07) is 15.9. The molecule has 2 aromatic rings. The number of methoxy groups -OCH3 is 2. The molecule has 0 saturated carbocycles. The van der Waals surface area contributed by atoms with Gasteiger partial charge in [-0.05, 0) is 41.8 Å². The molecule has 0 atom stereocenters. The first-order valence-electron chi connectivity index (χ1n) is 9.03. The third-order valence-corrected chi connectivity index (χ3v) is 4.03. The Kier molecular flexibility index (Phi) is 12.1. The molecule has 2 N–H and O–H groups in total. The van der Waals surface area contributed by atoms with Gasteiger partial charge >= 0.3 is 0 Å². The van der Waals surface area contributed by atoms with Crippen LogP contribution in [-0.2, 0) is 17.9 Å². The molecule has 0 saturated heterocycles. The van der Waals surface area contributed by atoms with Crippen molar-refractivity contribution in [1.82, 2.24) is 10.6 Å². The van der Waals surface area contributed by atoms with Gasteiger partial charge in [-0.3, -0.25) is 4.99 Å². The van der Waals surface area contributed by atoms with Gasteiger partial charge in [0.25, 0.3) is 0 Å². The number of hydrogen-bond donors (Lipinski definition) is 2. The normalized spacial score (nSPS) is 10.8. The topological polar surface area (TPSA) is 64.1 Å². The molecule has 28 heavy (non-hydrogen) atoms. The second-order valence-electron chi connectivity index (χ2n) is 5.95. The maximum absolute atomic E-state index is 5.71. The van der Waals surface area contributed by atoms with Crippen LogP contribution in [0.2, 0.25) is 0 Å². The number of guanidine groups is 1. The molecule has 6 nitrogen and oxygen atoms in total. The molecule has 0 amide bonds. The lowest BCUT2D eigenvalue weighted by Gasteiger charge is -2.12. The molecule has 154 valence electrons. The molecule has 0 aliphatic carbocycles. The fourth-order valence-corrected chi connectivity index (χ4v) is 2.44. The first-order chi connectivity index (χ1) is 13.2. The Morgan fingerprint density at radius 1 is 0.857 bits per heavy atom. The van der Waals surface area contributed by atoms with Gasteiger partial charge in [-0.25, -0.2) is 0 Å². The fourth-order valence-electron chi connectivity index (χ4n) is 2.44. The van der Waals surface area contributed by atoms with Gasteiger partial charge in [0, 0.05) is 26.7 Å². The van der Waals surface area contributed by atoms with E-state index in [1.165, 1.54) is 5.56 Å². The van der Waals surface area contributed by atoms with Gasteiger partial charge in [-0.1, -0.05) is 24.3 Å². The zero-order valence-corrected chi connectivity index (χ0v) is 19.1. The predicted molar refractivity (Wildman–Crippen MR) is 124 cm³/mol. The Balaban J connectivity index is 0.00000392. The molecule has 0 aromatic heterocycles. The average molecular weight is 499 g/mol. The van der Waals surface area contributed by atoms with E-state index in [0.29, 0.717) is 19.8 Å². The van der Waals surface area contributed by atoms with E-state index in [1.807, 2.05) is 48.5 Å². The zero-order chi connectivity index (χ0) is 19.3. The van der Waals surface area contributed by atoms with E-state index in [-0.39, 0.29) is 24.0 Å². The minimum Gasteiger partial charge on any atom is -0.497 e. The maximum Gasteiger partial charge on any atom is 0.191 e. The van der Waals surface area contributed by atoms with E-state index in [0.717, 1.165) is 36.0 Å². The number of ether oxygens (including phenoxy) is 3. The van der Waals surface area contributed by atoms with Gasteiger partial charge in [-0.2, -0.15) is 0 Å². The van der Waals surface area contributed by atoms with Gasteiger partial charge < -0.3 is 24.8 Å². The number of benzene rings is 2. The number of halogens is 1. The van der Waals surface area contributed by atoms with Gasteiger partial charge in [0.15, 0.2) is 5.96 Å². The zero-order valence-electron chi connectivity index (χ0n) is 16.7. The van der Waals surface area contributed by atoms with Gasteiger partial charge in [0.05, 0.1) is 20.8 Å². The van der Waals surface area contributed by atoms with Crippen LogP contribution in [0.3, 0.4) is 0 Å². The summed E-state index contributed by atoms with van der Waals surface area (Å²) in [5.41, 5.74) is 2.31. The van der Waals surface area contributed by atoms with E-state index in [4.69, 9.17) is 14.2 Å². The van der Waals surface area contributed by atoms with Crippen molar-refractivity contribution in [3.8, 4) is 11.5 Å². The minimum absolute atomic E-state index is 0. The molecule has 0 aliphatic rings. The number of nitrogens with zero attached hydrogens (tertiary/aromatic N) is 1. The highest BCUT2D eigenvalue weighted by molar-refractivity contribution is 14.0. The highest BCUT2D eigenvalue weighted by Gasteiger charge is 2.00. The first kappa shape index (κ1) is 24.0. The van der Waals surface area contributed by atoms with Crippen LogP contribution in [-0.4, -0.2) is 40.4 Å². The summed E-state index contributed by atoms with van der Waals surface area (Å²) >= 11 is 0. The van der Waals surface area contributed by atoms with E-state index in [1.54, 1.807) is 21.3 Å². The van der Waals surface area contributed by atoms with Crippen LogP contribution < -0.4 is 20.1 Å². The highest BCUT2D eigenvalue weighted by atomic mass is 127. The summed E-state index contributed by atoms with van der Waals surface area (Å²) in [5, 5.41) is 6.59. The summed E-state index contributed by atoms with van der Waals surface area (Å²) in [7, 11) is 5.10. The molecule has 0 bridgehead atoms. The Morgan fingerprint density at radius 2 is 1.43 bits per heavy atom. The maximum atomic E-state index is 5.71. The molecule has 2 aromatic carbocycles. The quantitative estimate of drug-likeness (QED) is 0.227. The van der Waals surface area contributed by atoms with Crippen LogP contribution in [0.25, 0.3) is 0 Å². The Morgan fingerprint density at radius 3 is 1.96 bits per heavy atom. The number of aliphatic imine (C=N–C) groups is 1. The van der Waals surface area contributed by atoms with Crippen LogP contribution in [0.4, 0.5) is 0 Å². The number of nitrogens with one attached hydrogen (secondary N) is 2. The van der Waals surface area contributed by atoms with Crippen molar-refractivity contribution in [3.63, 3.8) is 0 Å². The lowest BCUT2D eigenvalue weighted by molar-refractivity contribution is 0.119. The second-order valence-corrected chi connectivity index (χ2v) is 5.95. The SMILES string of the molecule is CN=C(NCCCOCc1ccc(OC)cc1)NCc1ccc(OC)cc1.I. The first-order valence-corrected chi connectivity index (χ1v) is 9.03. The van der Waals surface area contributed by atoms with Crippen molar-refractivity contribution in [2.45, 2.75) is 19.6 Å². The molecule has 0 fully saturated rings. The monoisotopic (exact) mass is 499 g/mol. The summed E-state index contributed by atoms with van der Waals surface area (Å²) in [5.74, 6) is 2.49. The Bertz CT molecular complexity index is 691. The third kappa shape index (κ3) is 8.79. The van der Waals surface area contributed by atoms with Crippen LogP contribution in [0, 0.1) is 0 Å². The van der Waals surface area contributed by atoms with Crippen LogP contribution >= 0.6 is 24.0 Å². The predicted octanol–water partition coefficient (Wildman–Crippen LogP) is 3.59. The molecule has 0 unspecified atom stereocenters. The summed E-state index contributed by atoms with van der Waals surface area (Å²) in [6.07, 6.45) is 0.902. The van der Waals surface area contributed by atoms with Gasteiger partial charge in [0.1, 0.15) is 11.5 Å². The molecule has 0 heterocycles. The van der Waals surface area contributed by atoms with Crippen molar-refractivity contribution in [3.05, 3.63) is 59.7 Å². The molecular formula is C21H30IN3O3. The molecule has 2 rings (SSSR count). The Labute approximate surface area is 184 Å². The van der Waals surface area contributed by atoms with Crippen LogP contribution in [0.1, 0.15) is 17.5 Å². The molecule has 7 heteroatoms. The van der Waals surface area contributed by atoms with E-state index >= 15 is 0 Å². The number of rotatable bonds is 10. The molecule has 0 radical (unpaired) electrons. The van der Waals surface area contributed by atoms with E-state index < -0.39 is 0 Å². The van der Waals surface area contributed by atoms with Crippen molar-refractivity contribution in [2.75, 3.05) is 34.4 Å². The second kappa shape index (κ2) is 14.1. The standard InChI is InChI=1S/C21H29N3O3.HI/c1-22-21(24-15-17-5-9-19(25-2)10-6-17)23-13-4-14-27-16-18-7-11-20(26-3)12-8-18;/h5-12H,4,13-16H2,1-3H3,(H2,22,23,24);1H. The van der Waals surface area contributed by atoms with Crippen LogP contribution in [0.5, 0.6) is 11.5 Å². The Hall–Kier alpha value is -2.00. The van der Waals surface area contributed by atoms with Gasteiger partial charge in [-0.15, -0.1) is 24.0 Å². The molecular weight excluding hydrogens is 469 g/mol. The third-order valence-electron chi connectivity index (χ3n) is 4.03. The smallest absolute Gasteiger partial charge is 0.191 e. The van der Waals surface area contributed by atoms with E-state index in [9.17, 15) is 0 Å². The number of hydrogen-bond acceptors (Lipinski definition) is 4. The summed E-state index contributed by atoms with van der Waals surface area (Å²) in [6.45, 7) is 2.80. The largest absolute Gasteiger partial charge is 0.497 e. The molecule has 0 spiro atoms. The molecule has 0 aliphatic heterocycles. The van der Waals surface area contributed by atoms with Crippen molar-refractivity contribution in [1.29, 1.82) is 0 Å². The average Bonchev–Trinajstić information content (AvgIpc) is 2.73. The van der Waals surface area contributed by atoms with Crippen molar-refractivity contribution < 1.29 is 14.2 Å². The summed E-state index contributed by atoms with van der Waals surface area (Å²) in [4.78, 5) is 4.24. The lowest BCUT2D eigenvalue weighted by atomic mass is 10.2. The highest BCUT2D eigenvalue weighted by Crippen LogP contribution is 2.12. The van der Waals surface area contributed by atoms with Gasteiger partial charge in [0.2, 0.25) is 0 Å². The lowest BCUT2D eigenvalue weighted by Crippen LogP contribution is -2.37. The van der Waals surface area contributed by atoms with Crippen LogP contribution in [0.15, 0.2) is 53.5 Å². The minimum atomic E-state index is 0. The van der Waals surface area contributed by atoms with E-state index in [2.05, 4.69) is 15.6 Å².